The third kappa shape index (κ3) is 4.68. The third-order valence-electron chi connectivity index (χ3n) is 6.33. The van der Waals surface area contributed by atoms with Gasteiger partial charge in [-0.1, -0.05) is 70.7 Å². The Morgan fingerprint density at radius 2 is 1.16 bits per heavy atom. The molecule has 0 radical (unpaired) electrons. The number of rotatable bonds is 11. The zero-order valence-corrected chi connectivity index (χ0v) is 19.3. The van der Waals surface area contributed by atoms with Gasteiger partial charge in [0.2, 0.25) is 0 Å². The second-order valence-electron chi connectivity index (χ2n) is 8.77. The highest BCUT2D eigenvalue weighted by atomic mass is 15.0. The van der Waals surface area contributed by atoms with Gasteiger partial charge >= 0.3 is 0 Å². The normalized spacial score (nSPS) is 11.9. The lowest BCUT2D eigenvalue weighted by Gasteiger charge is -2.11. The quantitative estimate of drug-likeness (QED) is 0.267. The Balaban J connectivity index is 1.74. The second-order valence-corrected chi connectivity index (χ2v) is 8.77. The van der Waals surface area contributed by atoms with Crippen LogP contribution < -0.4 is 0 Å². The van der Waals surface area contributed by atoms with Crippen LogP contribution in [0.4, 0.5) is 0 Å². The van der Waals surface area contributed by atoms with Crippen LogP contribution in [0, 0.1) is 0 Å². The van der Waals surface area contributed by atoms with E-state index in [4.69, 9.17) is 9.97 Å². The molecule has 0 spiro atoms. The molecule has 2 aromatic heterocycles. The Morgan fingerprint density at radius 3 is 1.61 bits per heavy atom. The predicted octanol–water partition coefficient (Wildman–Crippen LogP) is 7.45. The monoisotopic (exact) mass is 416 g/mol. The summed E-state index contributed by atoms with van der Waals surface area (Å²) in [7, 11) is 0. The van der Waals surface area contributed by atoms with Crippen molar-refractivity contribution in [3.05, 3.63) is 59.2 Å². The summed E-state index contributed by atoms with van der Waals surface area (Å²) >= 11 is 0. The van der Waals surface area contributed by atoms with Gasteiger partial charge in [-0.3, -0.25) is 0 Å². The SMILES string of the molecule is CCCCc1cccc2[nH]c(C(CCCC)c3nc4c(CCCC)cccc4[nH]3)nc12. The number of para-hydroxylation sites is 2. The minimum absolute atomic E-state index is 0.165. The molecule has 0 unspecified atom stereocenters. The van der Waals surface area contributed by atoms with Crippen LogP contribution in [0.5, 0.6) is 0 Å². The maximum absolute atomic E-state index is 5.12. The number of unbranched alkanes of at least 4 members (excludes halogenated alkanes) is 3. The number of nitrogens with zero attached hydrogens (tertiary/aromatic N) is 2. The minimum atomic E-state index is 0.165. The molecule has 0 saturated carbocycles. The maximum atomic E-state index is 5.12. The molecule has 2 N–H and O–H groups in total. The highest BCUT2D eigenvalue weighted by molar-refractivity contribution is 5.80. The van der Waals surface area contributed by atoms with Crippen LogP contribution in [0.1, 0.15) is 94.4 Å². The van der Waals surface area contributed by atoms with Crippen LogP contribution in [-0.4, -0.2) is 19.9 Å². The highest BCUT2D eigenvalue weighted by Crippen LogP contribution is 2.31. The van der Waals surface area contributed by atoms with Crippen molar-refractivity contribution in [1.29, 1.82) is 0 Å². The van der Waals surface area contributed by atoms with Crippen LogP contribution in [0.3, 0.4) is 0 Å². The molecule has 0 bridgehead atoms. The predicted molar refractivity (Wildman–Crippen MR) is 131 cm³/mol. The summed E-state index contributed by atoms with van der Waals surface area (Å²) in [6, 6.07) is 13.1. The van der Waals surface area contributed by atoms with E-state index in [1.54, 1.807) is 0 Å². The average Bonchev–Trinajstić information content (AvgIpc) is 3.41. The Morgan fingerprint density at radius 1 is 0.677 bits per heavy atom. The van der Waals surface area contributed by atoms with E-state index in [0.29, 0.717) is 0 Å². The molecular formula is C27H36N4. The number of aromatic nitrogens is 4. The molecule has 0 fully saturated rings. The molecule has 31 heavy (non-hydrogen) atoms. The molecule has 2 heterocycles. The minimum Gasteiger partial charge on any atom is -0.341 e. The maximum Gasteiger partial charge on any atom is 0.117 e. The molecule has 0 saturated heterocycles. The molecule has 0 amide bonds. The summed E-state index contributed by atoms with van der Waals surface area (Å²) in [4.78, 5) is 17.5. The first-order chi connectivity index (χ1) is 15.2. The summed E-state index contributed by atoms with van der Waals surface area (Å²) in [6.45, 7) is 6.74. The molecule has 4 heteroatoms. The van der Waals surface area contributed by atoms with Gasteiger partial charge in [0.1, 0.15) is 11.6 Å². The molecule has 164 valence electrons. The summed E-state index contributed by atoms with van der Waals surface area (Å²) in [5, 5.41) is 0. The molecule has 0 atom stereocenters. The van der Waals surface area contributed by atoms with Crippen molar-refractivity contribution in [2.45, 2.75) is 84.5 Å². The number of hydrogen-bond donors (Lipinski definition) is 2. The van der Waals surface area contributed by atoms with Gasteiger partial charge < -0.3 is 9.97 Å². The lowest BCUT2D eigenvalue weighted by molar-refractivity contribution is 0.608. The zero-order chi connectivity index (χ0) is 21.6. The van der Waals surface area contributed by atoms with E-state index in [0.717, 1.165) is 59.4 Å². The fourth-order valence-corrected chi connectivity index (χ4v) is 4.50. The Bertz CT molecular complexity index is 1030. The van der Waals surface area contributed by atoms with Gasteiger partial charge in [0.15, 0.2) is 0 Å². The van der Waals surface area contributed by atoms with Crippen LogP contribution in [0.2, 0.25) is 0 Å². The summed E-state index contributed by atoms with van der Waals surface area (Å²) in [5.74, 6) is 2.25. The second kappa shape index (κ2) is 10.1. The van der Waals surface area contributed by atoms with Crippen molar-refractivity contribution in [1.82, 2.24) is 19.9 Å². The molecule has 0 aliphatic carbocycles. The first-order valence-corrected chi connectivity index (χ1v) is 12.2. The van der Waals surface area contributed by atoms with E-state index in [1.807, 2.05) is 0 Å². The lowest BCUT2D eigenvalue weighted by Crippen LogP contribution is -2.05. The Hall–Kier alpha value is -2.62. The molecule has 4 aromatic rings. The molecule has 4 nitrogen and oxygen atoms in total. The third-order valence-corrected chi connectivity index (χ3v) is 6.33. The Kier molecular flexibility index (Phi) is 7.06. The largest absolute Gasteiger partial charge is 0.341 e. The molecule has 2 aromatic carbocycles. The van der Waals surface area contributed by atoms with Gasteiger partial charge in [-0.25, -0.2) is 9.97 Å². The van der Waals surface area contributed by atoms with E-state index < -0.39 is 0 Å². The van der Waals surface area contributed by atoms with Crippen molar-refractivity contribution in [3.63, 3.8) is 0 Å². The molecule has 0 aliphatic heterocycles. The number of hydrogen-bond acceptors (Lipinski definition) is 2. The number of aromatic amines is 2. The summed E-state index contributed by atoms with van der Waals surface area (Å²) < 4.78 is 0. The molecular weight excluding hydrogens is 380 g/mol. The van der Waals surface area contributed by atoms with Crippen molar-refractivity contribution in [3.8, 4) is 0 Å². The number of nitrogens with one attached hydrogen (secondary N) is 2. The van der Waals surface area contributed by atoms with Gasteiger partial charge in [0, 0.05) is 0 Å². The van der Waals surface area contributed by atoms with Crippen LogP contribution in [0.25, 0.3) is 22.1 Å². The van der Waals surface area contributed by atoms with Crippen molar-refractivity contribution >= 4 is 22.1 Å². The highest BCUT2D eigenvalue weighted by Gasteiger charge is 2.22. The number of benzene rings is 2. The van der Waals surface area contributed by atoms with E-state index in [9.17, 15) is 0 Å². The topological polar surface area (TPSA) is 57.4 Å². The lowest BCUT2D eigenvalue weighted by atomic mass is 10.0. The zero-order valence-electron chi connectivity index (χ0n) is 19.3. The molecule has 4 rings (SSSR count). The van der Waals surface area contributed by atoms with E-state index in [1.165, 1.54) is 43.2 Å². The van der Waals surface area contributed by atoms with Crippen molar-refractivity contribution in [2.75, 3.05) is 0 Å². The number of H-pyrrole nitrogens is 2. The smallest absolute Gasteiger partial charge is 0.117 e. The van der Waals surface area contributed by atoms with Crippen LogP contribution >= 0.6 is 0 Å². The first-order valence-electron chi connectivity index (χ1n) is 12.2. The number of aryl methyl sites for hydroxylation is 2. The number of imidazole rings is 2. The molecule has 0 aliphatic rings. The summed E-state index contributed by atoms with van der Waals surface area (Å²) in [5.41, 5.74) is 7.25. The number of fused-ring (bicyclic) bond motifs is 2. The van der Waals surface area contributed by atoms with E-state index in [2.05, 4.69) is 67.1 Å². The fraction of sp³-hybridized carbons (Fsp3) is 0.481. The first kappa shape index (κ1) is 21.6. The van der Waals surface area contributed by atoms with Crippen molar-refractivity contribution in [2.24, 2.45) is 0 Å². The van der Waals surface area contributed by atoms with Gasteiger partial charge in [-0.15, -0.1) is 0 Å². The van der Waals surface area contributed by atoms with E-state index >= 15 is 0 Å². The van der Waals surface area contributed by atoms with Gasteiger partial charge in [-0.2, -0.15) is 0 Å². The van der Waals surface area contributed by atoms with Gasteiger partial charge in [0.05, 0.1) is 28.0 Å². The standard InChI is InChI=1S/C27H36N4/c1-4-7-12-19-14-10-17-22-24(19)30-26(28-22)21(16-9-6-3)27-29-23-18-11-15-20(13-8-5-2)25(23)31-27/h10-11,14-15,17-18,21H,4-9,12-13,16H2,1-3H3,(H,28,30)(H,29,31). The average molecular weight is 417 g/mol. The van der Waals surface area contributed by atoms with Crippen LogP contribution in [0.15, 0.2) is 36.4 Å². The van der Waals surface area contributed by atoms with E-state index in [-0.39, 0.29) is 5.92 Å². The van der Waals surface area contributed by atoms with Crippen molar-refractivity contribution < 1.29 is 0 Å². The Labute approximate surface area is 185 Å². The van der Waals surface area contributed by atoms with Gasteiger partial charge in [0.25, 0.3) is 0 Å². The summed E-state index contributed by atoms with van der Waals surface area (Å²) in [6.07, 6.45) is 10.3. The fourth-order valence-electron chi connectivity index (χ4n) is 4.50. The van der Waals surface area contributed by atoms with Crippen LogP contribution in [-0.2, 0) is 12.8 Å². The van der Waals surface area contributed by atoms with Gasteiger partial charge in [-0.05, 0) is 55.4 Å².